The highest BCUT2D eigenvalue weighted by Gasteiger charge is 2.05. The Labute approximate surface area is 96.4 Å². The molecule has 1 aromatic rings. The van der Waals surface area contributed by atoms with E-state index in [1.54, 1.807) is 0 Å². The Balaban J connectivity index is 2.56. The summed E-state index contributed by atoms with van der Waals surface area (Å²) in [6, 6.07) is 5.67. The first kappa shape index (κ1) is 12.3. The fraction of sp³-hybridized carbons (Fsp3) is 0.500. The summed E-state index contributed by atoms with van der Waals surface area (Å²) < 4.78 is 5.79. The van der Waals surface area contributed by atoms with E-state index in [2.05, 4.69) is 6.92 Å². The van der Waals surface area contributed by atoms with Gasteiger partial charge in [-0.3, -0.25) is 0 Å². The minimum absolute atomic E-state index is 0.202. The normalized spacial score (nSPS) is 12.5. The first-order chi connectivity index (χ1) is 7.13. The third-order valence-electron chi connectivity index (χ3n) is 2.28. The van der Waals surface area contributed by atoms with Crippen LogP contribution in [0.4, 0.5) is 0 Å². The molecule has 0 fully saturated rings. The van der Waals surface area contributed by atoms with Gasteiger partial charge in [-0.2, -0.15) is 0 Å². The highest BCUT2D eigenvalue weighted by atomic mass is 35.5. The summed E-state index contributed by atoms with van der Waals surface area (Å²) in [5, 5.41) is 0.745. The molecule has 2 N–H and O–H groups in total. The van der Waals surface area contributed by atoms with Crippen LogP contribution in [-0.4, -0.2) is 12.6 Å². The summed E-state index contributed by atoms with van der Waals surface area (Å²) in [7, 11) is 0. The number of hydrogen-bond acceptors (Lipinski definition) is 2. The third-order valence-corrected chi connectivity index (χ3v) is 2.52. The van der Waals surface area contributed by atoms with Crippen molar-refractivity contribution in [2.24, 2.45) is 5.73 Å². The fourth-order valence-corrected chi connectivity index (χ4v) is 1.65. The van der Waals surface area contributed by atoms with Crippen LogP contribution in [0.5, 0.6) is 5.75 Å². The quantitative estimate of drug-likeness (QED) is 0.839. The van der Waals surface area contributed by atoms with Gasteiger partial charge in [0.15, 0.2) is 0 Å². The van der Waals surface area contributed by atoms with Crippen LogP contribution in [0.15, 0.2) is 18.2 Å². The van der Waals surface area contributed by atoms with Gasteiger partial charge < -0.3 is 10.5 Å². The number of hydrogen-bond donors (Lipinski definition) is 1. The number of ether oxygens (including phenoxy) is 1. The molecular formula is C12H18ClNO. The lowest BCUT2D eigenvalue weighted by atomic mass is 10.2. The Bertz CT molecular complexity index is 314. The SMILES string of the molecule is Cc1cc(Cl)ccc1OC(C)CCCN. The highest BCUT2D eigenvalue weighted by Crippen LogP contribution is 2.23. The second kappa shape index (κ2) is 5.99. The molecule has 0 aliphatic carbocycles. The first-order valence-corrected chi connectivity index (χ1v) is 5.64. The van der Waals surface area contributed by atoms with E-state index in [1.807, 2.05) is 25.1 Å². The molecule has 0 radical (unpaired) electrons. The van der Waals surface area contributed by atoms with Gasteiger partial charge in [-0.1, -0.05) is 11.6 Å². The van der Waals surface area contributed by atoms with Crippen molar-refractivity contribution in [2.45, 2.75) is 32.8 Å². The minimum Gasteiger partial charge on any atom is -0.490 e. The zero-order valence-electron chi connectivity index (χ0n) is 9.29. The van der Waals surface area contributed by atoms with Crippen molar-refractivity contribution in [1.29, 1.82) is 0 Å². The van der Waals surface area contributed by atoms with Crippen molar-refractivity contribution < 1.29 is 4.74 Å². The first-order valence-electron chi connectivity index (χ1n) is 5.26. The zero-order valence-corrected chi connectivity index (χ0v) is 10.1. The third kappa shape index (κ3) is 4.10. The van der Waals surface area contributed by atoms with Crippen LogP contribution in [0.25, 0.3) is 0 Å². The maximum Gasteiger partial charge on any atom is 0.122 e. The Morgan fingerprint density at radius 2 is 2.20 bits per heavy atom. The molecule has 0 saturated carbocycles. The molecule has 0 heterocycles. The maximum absolute atomic E-state index is 5.87. The molecule has 0 bridgehead atoms. The number of nitrogens with two attached hydrogens (primary N) is 1. The van der Waals surface area contributed by atoms with Crippen molar-refractivity contribution in [3.8, 4) is 5.75 Å². The molecule has 0 amide bonds. The van der Waals surface area contributed by atoms with E-state index in [9.17, 15) is 0 Å². The lowest BCUT2D eigenvalue weighted by Crippen LogP contribution is -2.14. The van der Waals surface area contributed by atoms with Gasteiger partial charge in [-0.15, -0.1) is 0 Å². The van der Waals surface area contributed by atoms with Crippen molar-refractivity contribution in [2.75, 3.05) is 6.54 Å². The number of halogens is 1. The van der Waals surface area contributed by atoms with E-state index >= 15 is 0 Å². The molecule has 1 atom stereocenters. The number of benzene rings is 1. The topological polar surface area (TPSA) is 35.2 Å². The maximum atomic E-state index is 5.87. The molecule has 15 heavy (non-hydrogen) atoms. The molecule has 0 aliphatic heterocycles. The van der Waals surface area contributed by atoms with Crippen LogP contribution in [0.2, 0.25) is 5.02 Å². The Hall–Kier alpha value is -0.730. The summed E-state index contributed by atoms with van der Waals surface area (Å²) in [6.45, 7) is 4.77. The predicted molar refractivity (Wildman–Crippen MR) is 64.6 cm³/mol. The van der Waals surface area contributed by atoms with Crippen LogP contribution < -0.4 is 10.5 Å². The molecular weight excluding hydrogens is 210 g/mol. The largest absolute Gasteiger partial charge is 0.490 e. The van der Waals surface area contributed by atoms with Crippen LogP contribution in [0, 0.1) is 6.92 Å². The van der Waals surface area contributed by atoms with Gasteiger partial charge >= 0.3 is 0 Å². The summed E-state index contributed by atoms with van der Waals surface area (Å²) in [6.07, 6.45) is 2.18. The van der Waals surface area contributed by atoms with Gasteiger partial charge in [0.1, 0.15) is 5.75 Å². The van der Waals surface area contributed by atoms with Crippen molar-refractivity contribution in [1.82, 2.24) is 0 Å². The van der Waals surface area contributed by atoms with Crippen molar-refractivity contribution in [3.05, 3.63) is 28.8 Å². The van der Waals surface area contributed by atoms with Gasteiger partial charge in [0.25, 0.3) is 0 Å². The second-order valence-corrected chi connectivity index (χ2v) is 4.21. The molecule has 0 saturated heterocycles. The van der Waals surface area contributed by atoms with Gasteiger partial charge in [-0.25, -0.2) is 0 Å². The lowest BCUT2D eigenvalue weighted by molar-refractivity contribution is 0.207. The zero-order chi connectivity index (χ0) is 11.3. The van der Waals surface area contributed by atoms with E-state index in [0.29, 0.717) is 6.54 Å². The van der Waals surface area contributed by atoms with E-state index < -0.39 is 0 Å². The fourth-order valence-electron chi connectivity index (χ4n) is 1.43. The van der Waals surface area contributed by atoms with Gasteiger partial charge in [0.2, 0.25) is 0 Å². The van der Waals surface area contributed by atoms with Gasteiger partial charge in [0, 0.05) is 5.02 Å². The molecule has 84 valence electrons. The average molecular weight is 228 g/mol. The van der Waals surface area contributed by atoms with Gasteiger partial charge in [-0.05, 0) is 57.0 Å². The van der Waals surface area contributed by atoms with E-state index in [-0.39, 0.29) is 6.10 Å². The Morgan fingerprint density at radius 1 is 1.47 bits per heavy atom. The standard InChI is InChI=1S/C12H18ClNO/c1-9-8-11(13)5-6-12(9)15-10(2)4-3-7-14/h5-6,8,10H,3-4,7,14H2,1-2H3. The van der Waals surface area contributed by atoms with Crippen LogP contribution in [0.3, 0.4) is 0 Å². The summed E-state index contributed by atoms with van der Waals surface area (Å²) in [5.74, 6) is 0.906. The molecule has 1 aromatic carbocycles. The molecule has 0 aromatic heterocycles. The average Bonchev–Trinajstić information content (AvgIpc) is 2.19. The second-order valence-electron chi connectivity index (χ2n) is 3.77. The monoisotopic (exact) mass is 227 g/mol. The summed E-state index contributed by atoms with van der Waals surface area (Å²) >= 11 is 5.87. The van der Waals surface area contributed by atoms with E-state index in [1.165, 1.54) is 0 Å². The smallest absolute Gasteiger partial charge is 0.122 e. The Kier molecular flexibility index (Phi) is 4.92. The molecule has 3 heteroatoms. The molecule has 2 nitrogen and oxygen atoms in total. The molecule has 0 aliphatic rings. The summed E-state index contributed by atoms with van der Waals surface area (Å²) in [4.78, 5) is 0. The molecule has 1 rings (SSSR count). The predicted octanol–water partition coefficient (Wildman–Crippen LogP) is 3.15. The molecule has 1 unspecified atom stereocenters. The minimum atomic E-state index is 0.202. The van der Waals surface area contributed by atoms with Crippen molar-refractivity contribution >= 4 is 11.6 Å². The van der Waals surface area contributed by atoms with Crippen LogP contribution in [0.1, 0.15) is 25.3 Å². The summed E-state index contributed by atoms with van der Waals surface area (Å²) in [5.41, 5.74) is 6.52. The van der Waals surface area contributed by atoms with Crippen LogP contribution >= 0.6 is 11.6 Å². The van der Waals surface area contributed by atoms with Crippen LogP contribution in [-0.2, 0) is 0 Å². The van der Waals surface area contributed by atoms with Crippen molar-refractivity contribution in [3.63, 3.8) is 0 Å². The highest BCUT2D eigenvalue weighted by molar-refractivity contribution is 6.30. The number of aryl methyl sites for hydroxylation is 1. The van der Waals surface area contributed by atoms with E-state index in [0.717, 1.165) is 29.2 Å². The van der Waals surface area contributed by atoms with E-state index in [4.69, 9.17) is 22.1 Å². The lowest BCUT2D eigenvalue weighted by Gasteiger charge is -2.16. The van der Waals surface area contributed by atoms with Gasteiger partial charge in [0.05, 0.1) is 6.10 Å². The molecule has 0 spiro atoms. The number of rotatable bonds is 5. The Morgan fingerprint density at radius 3 is 2.80 bits per heavy atom.